The van der Waals surface area contributed by atoms with Crippen molar-refractivity contribution >= 4 is 5.96 Å². The van der Waals surface area contributed by atoms with Crippen LogP contribution < -0.4 is 10.6 Å². The number of aliphatic imine (C=N–C) groups is 1. The van der Waals surface area contributed by atoms with Crippen molar-refractivity contribution in [1.29, 1.82) is 0 Å². The van der Waals surface area contributed by atoms with Crippen LogP contribution in [0.3, 0.4) is 0 Å². The van der Waals surface area contributed by atoms with Gasteiger partial charge in [-0.2, -0.15) is 0 Å². The zero-order chi connectivity index (χ0) is 23.5. The van der Waals surface area contributed by atoms with Crippen molar-refractivity contribution in [1.82, 2.24) is 25.5 Å². The van der Waals surface area contributed by atoms with E-state index in [1.54, 1.807) is 0 Å². The number of nitrogens with zero attached hydrogens (tertiary/aromatic N) is 4. The molecule has 2 N–H and O–H groups in total. The van der Waals surface area contributed by atoms with E-state index in [9.17, 15) is 0 Å². The van der Waals surface area contributed by atoms with Gasteiger partial charge in [0.05, 0.1) is 24.0 Å². The van der Waals surface area contributed by atoms with E-state index in [1.165, 1.54) is 45.6 Å². The van der Waals surface area contributed by atoms with Crippen LogP contribution in [0.1, 0.15) is 59.8 Å². The molecule has 0 spiro atoms. The van der Waals surface area contributed by atoms with Crippen LogP contribution in [0.5, 0.6) is 0 Å². The lowest BCUT2D eigenvalue weighted by molar-refractivity contribution is 0.160. The van der Waals surface area contributed by atoms with Gasteiger partial charge in [-0.15, -0.1) is 0 Å². The Kier molecular flexibility index (Phi) is 6.45. The minimum atomic E-state index is 0.357. The molecule has 1 aromatic carbocycles. The molecule has 0 bridgehead atoms. The van der Waals surface area contributed by atoms with E-state index in [1.807, 2.05) is 12.4 Å². The third-order valence-corrected chi connectivity index (χ3v) is 7.62. The van der Waals surface area contributed by atoms with Crippen LogP contribution in [-0.4, -0.2) is 47.0 Å². The molecule has 0 saturated heterocycles. The number of aromatic nitrogens is 2. The van der Waals surface area contributed by atoms with Crippen molar-refractivity contribution in [2.45, 2.75) is 51.1 Å². The molecule has 6 rings (SSSR count). The molecule has 1 unspecified atom stereocenters. The SMILES string of the molecule is c1ccc2c(c1)Cc1c-2ccnc1CN(CCCCNC1=NCCN1)C1CCCc2cccnc21. The van der Waals surface area contributed by atoms with E-state index in [4.69, 9.17) is 9.97 Å². The van der Waals surface area contributed by atoms with Gasteiger partial charge < -0.3 is 10.6 Å². The number of hydrogen-bond donors (Lipinski definition) is 2. The summed E-state index contributed by atoms with van der Waals surface area (Å²) in [5.74, 6) is 0.955. The summed E-state index contributed by atoms with van der Waals surface area (Å²) in [5.41, 5.74) is 9.48. The maximum absolute atomic E-state index is 4.92. The summed E-state index contributed by atoms with van der Waals surface area (Å²) in [4.78, 5) is 16.9. The van der Waals surface area contributed by atoms with Crippen molar-refractivity contribution in [3.05, 3.63) is 82.9 Å². The van der Waals surface area contributed by atoms with Gasteiger partial charge in [0.2, 0.25) is 0 Å². The molecule has 3 aromatic rings. The van der Waals surface area contributed by atoms with Gasteiger partial charge in [-0.05, 0) is 78.6 Å². The van der Waals surface area contributed by atoms with E-state index >= 15 is 0 Å². The van der Waals surface area contributed by atoms with Crippen LogP contribution in [0.2, 0.25) is 0 Å². The van der Waals surface area contributed by atoms with Gasteiger partial charge >= 0.3 is 0 Å². The Bertz CT molecular complexity index is 1220. The topological polar surface area (TPSA) is 65.4 Å². The fraction of sp³-hybridized carbons (Fsp3) is 0.414. The summed E-state index contributed by atoms with van der Waals surface area (Å²) in [6, 6.07) is 15.7. The smallest absolute Gasteiger partial charge is 0.191 e. The second-order valence-corrected chi connectivity index (χ2v) is 9.83. The number of aryl methyl sites for hydroxylation is 1. The Labute approximate surface area is 207 Å². The van der Waals surface area contributed by atoms with Crippen molar-refractivity contribution in [2.24, 2.45) is 4.99 Å². The Morgan fingerprint density at radius 3 is 2.86 bits per heavy atom. The third-order valence-electron chi connectivity index (χ3n) is 7.62. The number of pyridine rings is 2. The predicted octanol–water partition coefficient (Wildman–Crippen LogP) is 4.26. The summed E-state index contributed by atoms with van der Waals surface area (Å²) < 4.78 is 0. The second-order valence-electron chi connectivity index (χ2n) is 9.83. The van der Waals surface area contributed by atoms with E-state index in [2.05, 4.69) is 63.0 Å². The van der Waals surface area contributed by atoms with Crippen molar-refractivity contribution in [2.75, 3.05) is 26.2 Å². The standard InChI is InChI=1S/C29H34N6/c1-2-10-23-22(7-1)19-25-24(23)12-15-30-26(25)20-35(18-4-3-13-32-29-33-16-17-34-29)27-11-5-8-21-9-6-14-31-28(21)27/h1-2,6-7,9-10,12,14-15,27H,3-5,8,11,13,16-20H2,(H2,32,33,34). The molecule has 1 aliphatic heterocycles. The molecule has 180 valence electrons. The lowest BCUT2D eigenvalue weighted by Gasteiger charge is -2.35. The van der Waals surface area contributed by atoms with Gasteiger partial charge in [0, 0.05) is 38.4 Å². The molecule has 2 aromatic heterocycles. The molecular formula is C29H34N6. The molecule has 3 aliphatic rings. The quantitative estimate of drug-likeness (QED) is 0.380. The van der Waals surface area contributed by atoms with Gasteiger partial charge in [-0.3, -0.25) is 19.9 Å². The number of hydrogen-bond acceptors (Lipinski definition) is 6. The molecule has 0 fully saturated rings. The van der Waals surface area contributed by atoms with Gasteiger partial charge in [-0.1, -0.05) is 30.3 Å². The molecular weight excluding hydrogens is 432 g/mol. The first kappa shape index (κ1) is 22.2. The summed E-state index contributed by atoms with van der Waals surface area (Å²) in [6.45, 7) is 4.69. The fourth-order valence-electron chi connectivity index (χ4n) is 5.89. The second kappa shape index (κ2) is 10.2. The summed E-state index contributed by atoms with van der Waals surface area (Å²) in [7, 11) is 0. The third kappa shape index (κ3) is 4.67. The van der Waals surface area contributed by atoms with Gasteiger partial charge in [-0.25, -0.2) is 0 Å². The summed E-state index contributed by atoms with van der Waals surface area (Å²) in [6.07, 6.45) is 10.7. The molecule has 1 atom stereocenters. The highest BCUT2D eigenvalue weighted by atomic mass is 15.2. The van der Waals surface area contributed by atoms with Crippen LogP contribution in [0, 0.1) is 0 Å². The zero-order valence-electron chi connectivity index (χ0n) is 20.3. The van der Waals surface area contributed by atoms with E-state index < -0.39 is 0 Å². The van der Waals surface area contributed by atoms with Crippen LogP contribution in [0.25, 0.3) is 11.1 Å². The molecule has 35 heavy (non-hydrogen) atoms. The van der Waals surface area contributed by atoms with Gasteiger partial charge in [0.15, 0.2) is 5.96 Å². The molecule has 0 saturated carbocycles. The maximum Gasteiger partial charge on any atom is 0.191 e. The average Bonchev–Trinajstić information content (AvgIpc) is 3.56. The van der Waals surface area contributed by atoms with Crippen LogP contribution in [0.15, 0.2) is 59.9 Å². The van der Waals surface area contributed by atoms with Crippen molar-refractivity contribution in [3.63, 3.8) is 0 Å². The highest BCUT2D eigenvalue weighted by Crippen LogP contribution is 2.39. The number of unbranched alkanes of at least 4 members (excludes halogenated alkanes) is 1. The minimum absolute atomic E-state index is 0.357. The maximum atomic E-state index is 4.92. The van der Waals surface area contributed by atoms with E-state index in [-0.39, 0.29) is 0 Å². The highest BCUT2D eigenvalue weighted by molar-refractivity contribution is 5.81. The molecule has 3 heterocycles. The number of guanidine groups is 1. The molecule has 6 nitrogen and oxygen atoms in total. The lowest BCUT2D eigenvalue weighted by atomic mass is 9.90. The van der Waals surface area contributed by atoms with Crippen molar-refractivity contribution < 1.29 is 0 Å². The van der Waals surface area contributed by atoms with Crippen molar-refractivity contribution in [3.8, 4) is 11.1 Å². The molecule has 0 radical (unpaired) electrons. The first-order chi connectivity index (χ1) is 17.4. The number of nitrogens with one attached hydrogen (secondary N) is 2. The summed E-state index contributed by atoms with van der Waals surface area (Å²) in [5, 5.41) is 6.73. The first-order valence-electron chi connectivity index (χ1n) is 13.1. The average molecular weight is 467 g/mol. The Balaban J connectivity index is 1.21. The zero-order valence-corrected chi connectivity index (χ0v) is 20.3. The predicted molar refractivity (Wildman–Crippen MR) is 140 cm³/mol. The lowest BCUT2D eigenvalue weighted by Crippen LogP contribution is -2.35. The van der Waals surface area contributed by atoms with Crippen LogP contribution in [-0.2, 0) is 19.4 Å². The van der Waals surface area contributed by atoms with E-state index in [0.29, 0.717) is 6.04 Å². The largest absolute Gasteiger partial charge is 0.356 e. The Morgan fingerprint density at radius 1 is 0.971 bits per heavy atom. The normalized spacial score (nSPS) is 18.0. The molecule has 0 amide bonds. The van der Waals surface area contributed by atoms with Gasteiger partial charge in [0.1, 0.15) is 0 Å². The molecule has 2 aliphatic carbocycles. The highest BCUT2D eigenvalue weighted by Gasteiger charge is 2.29. The number of rotatable bonds is 8. The Morgan fingerprint density at radius 2 is 1.91 bits per heavy atom. The number of benzene rings is 1. The summed E-state index contributed by atoms with van der Waals surface area (Å²) >= 11 is 0. The van der Waals surface area contributed by atoms with E-state index in [0.717, 1.165) is 70.8 Å². The monoisotopic (exact) mass is 466 g/mol. The fourth-order valence-corrected chi connectivity index (χ4v) is 5.89. The number of fused-ring (bicyclic) bond motifs is 4. The Hall–Kier alpha value is -3.25. The van der Waals surface area contributed by atoms with Crippen LogP contribution >= 0.6 is 0 Å². The van der Waals surface area contributed by atoms with Crippen LogP contribution in [0.4, 0.5) is 0 Å². The first-order valence-corrected chi connectivity index (χ1v) is 13.1. The minimum Gasteiger partial charge on any atom is -0.356 e. The molecule has 6 heteroatoms. The van der Waals surface area contributed by atoms with Gasteiger partial charge in [0.25, 0.3) is 0 Å².